The zero-order valence-corrected chi connectivity index (χ0v) is 15.6. The summed E-state index contributed by atoms with van der Waals surface area (Å²) < 4.78 is 10.8. The van der Waals surface area contributed by atoms with Crippen LogP contribution in [0.3, 0.4) is 0 Å². The van der Waals surface area contributed by atoms with Crippen molar-refractivity contribution < 1.29 is 14.3 Å². The van der Waals surface area contributed by atoms with Gasteiger partial charge in [0.25, 0.3) is 0 Å². The van der Waals surface area contributed by atoms with Gasteiger partial charge in [-0.2, -0.15) is 0 Å². The third-order valence-corrected chi connectivity index (χ3v) is 5.30. The zero-order chi connectivity index (χ0) is 18.6. The molecule has 6 heteroatoms. The summed E-state index contributed by atoms with van der Waals surface area (Å²) in [5.41, 5.74) is 2.33. The molecule has 0 aliphatic carbocycles. The Balaban J connectivity index is 1.26. The summed E-state index contributed by atoms with van der Waals surface area (Å²) in [5.74, 6) is 2.06. The number of nitrogens with zero attached hydrogens (tertiary/aromatic N) is 3. The molecule has 3 heterocycles. The van der Waals surface area contributed by atoms with Crippen molar-refractivity contribution in [1.29, 1.82) is 0 Å². The fourth-order valence-electron chi connectivity index (χ4n) is 3.63. The van der Waals surface area contributed by atoms with E-state index < -0.39 is 0 Å². The highest BCUT2D eigenvalue weighted by atomic mass is 16.7. The van der Waals surface area contributed by atoms with Crippen molar-refractivity contribution in [3.05, 3.63) is 53.9 Å². The number of pyridine rings is 1. The van der Waals surface area contributed by atoms with Crippen molar-refractivity contribution in [3.63, 3.8) is 0 Å². The van der Waals surface area contributed by atoms with Gasteiger partial charge < -0.3 is 14.4 Å². The molecule has 1 fully saturated rings. The van der Waals surface area contributed by atoms with Crippen molar-refractivity contribution in [2.45, 2.75) is 25.8 Å². The van der Waals surface area contributed by atoms with Crippen LogP contribution in [0.2, 0.25) is 0 Å². The first kappa shape index (κ1) is 17.8. The molecule has 2 aliphatic rings. The summed E-state index contributed by atoms with van der Waals surface area (Å²) in [5, 5.41) is 0. The van der Waals surface area contributed by atoms with Crippen molar-refractivity contribution in [2.24, 2.45) is 0 Å². The Labute approximate surface area is 159 Å². The minimum Gasteiger partial charge on any atom is -0.454 e. The molecule has 2 aliphatic heterocycles. The average molecular weight is 367 g/mol. The molecule has 1 amide bonds. The van der Waals surface area contributed by atoms with E-state index >= 15 is 0 Å². The van der Waals surface area contributed by atoms with Crippen LogP contribution >= 0.6 is 0 Å². The molecular formula is C21H25N3O3. The van der Waals surface area contributed by atoms with E-state index in [9.17, 15) is 4.79 Å². The fraction of sp³-hybridized carbons (Fsp3) is 0.429. The highest BCUT2D eigenvalue weighted by molar-refractivity contribution is 5.77. The van der Waals surface area contributed by atoms with Crippen LogP contribution in [-0.4, -0.2) is 53.7 Å². The van der Waals surface area contributed by atoms with Gasteiger partial charge >= 0.3 is 0 Å². The van der Waals surface area contributed by atoms with E-state index in [0.29, 0.717) is 13.2 Å². The topological polar surface area (TPSA) is 54.9 Å². The third kappa shape index (κ3) is 4.22. The molecule has 27 heavy (non-hydrogen) atoms. The van der Waals surface area contributed by atoms with Gasteiger partial charge in [0.05, 0.1) is 0 Å². The lowest BCUT2D eigenvalue weighted by Gasteiger charge is -2.35. The molecule has 1 saturated heterocycles. The van der Waals surface area contributed by atoms with Gasteiger partial charge in [-0.25, -0.2) is 0 Å². The smallest absolute Gasteiger partial charge is 0.231 e. The summed E-state index contributed by atoms with van der Waals surface area (Å²) in [7, 11) is 0. The number of hydrogen-bond donors (Lipinski definition) is 0. The number of aromatic nitrogens is 1. The number of benzene rings is 1. The molecule has 1 atom stereocenters. The number of carbonyl (C=O) groups is 1. The first-order valence-electron chi connectivity index (χ1n) is 9.47. The summed E-state index contributed by atoms with van der Waals surface area (Å²) in [4.78, 5) is 21.1. The van der Waals surface area contributed by atoms with Gasteiger partial charge in [0.2, 0.25) is 12.7 Å². The van der Waals surface area contributed by atoms with Gasteiger partial charge in [-0.3, -0.25) is 14.7 Å². The van der Waals surface area contributed by atoms with Crippen LogP contribution in [0.25, 0.3) is 0 Å². The van der Waals surface area contributed by atoms with E-state index in [0.717, 1.165) is 49.8 Å². The van der Waals surface area contributed by atoms with Gasteiger partial charge in [0.1, 0.15) is 0 Å². The quantitative estimate of drug-likeness (QED) is 0.813. The molecular weight excluding hydrogens is 342 g/mol. The summed E-state index contributed by atoms with van der Waals surface area (Å²) in [6, 6.07) is 10.1. The second-order valence-corrected chi connectivity index (χ2v) is 7.24. The van der Waals surface area contributed by atoms with Gasteiger partial charge in [-0.05, 0) is 35.2 Å². The number of fused-ring (bicyclic) bond motifs is 1. The standard InChI is InChI=1S/C21H25N3O3/c1-16(18-3-2-6-22-13-18)11-21(25)24-9-7-23(8-10-24)14-17-4-5-19-20(12-17)27-15-26-19/h2-6,12-13,16H,7-11,14-15H2,1H3. The number of rotatable bonds is 5. The van der Waals surface area contributed by atoms with Gasteiger partial charge in [0.15, 0.2) is 11.5 Å². The van der Waals surface area contributed by atoms with Crippen LogP contribution < -0.4 is 9.47 Å². The predicted octanol–water partition coefficient (Wildman–Crippen LogP) is 2.65. The maximum Gasteiger partial charge on any atom is 0.231 e. The molecule has 0 radical (unpaired) electrons. The first-order valence-corrected chi connectivity index (χ1v) is 9.47. The number of hydrogen-bond acceptors (Lipinski definition) is 5. The van der Waals surface area contributed by atoms with E-state index in [-0.39, 0.29) is 11.8 Å². The second-order valence-electron chi connectivity index (χ2n) is 7.24. The van der Waals surface area contributed by atoms with Crippen molar-refractivity contribution in [1.82, 2.24) is 14.8 Å². The Morgan fingerprint density at radius 2 is 1.96 bits per heavy atom. The first-order chi connectivity index (χ1) is 13.2. The summed E-state index contributed by atoms with van der Waals surface area (Å²) in [6.07, 6.45) is 4.15. The van der Waals surface area contributed by atoms with Gasteiger partial charge in [0, 0.05) is 51.5 Å². The Morgan fingerprint density at radius 3 is 2.74 bits per heavy atom. The molecule has 0 bridgehead atoms. The van der Waals surface area contributed by atoms with E-state index in [1.165, 1.54) is 5.56 Å². The van der Waals surface area contributed by atoms with Crippen molar-refractivity contribution in [3.8, 4) is 11.5 Å². The van der Waals surface area contributed by atoms with Crippen LogP contribution in [0.1, 0.15) is 30.4 Å². The fourth-order valence-corrected chi connectivity index (χ4v) is 3.63. The molecule has 2 aromatic rings. The van der Waals surface area contributed by atoms with Crippen LogP contribution in [-0.2, 0) is 11.3 Å². The maximum absolute atomic E-state index is 12.6. The predicted molar refractivity (Wildman–Crippen MR) is 102 cm³/mol. The molecule has 0 spiro atoms. The van der Waals surface area contributed by atoms with Gasteiger partial charge in [-0.1, -0.05) is 19.1 Å². The molecule has 0 N–H and O–H groups in total. The van der Waals surface area contributed by atoms with Crippen LogP contribution in [0.15, 0.2) is 42.7 Å². The van der Waals surface area contributed by atoms with E-state index in [4.69, 9.17) is 9.47 Å². The SMILES string of the molecule is CC(CC(=O)N1CCN(Cc2ccc3c(c2)OCO3)CC1)c1cccnc1. The normalized spacial score (nSPS) is 17.7. The number of piperazine rings is 1. The van der Waals surface area contributed by atoms with Crippen molar-refractivity contribution >= 4 is 5.91 Å². The Bertz CT molecular complexity index is 789. The molecule has 142 valence electrons. The molecule has 1 unspecified atom stereocenters. The highest BCUT2D eigenvalue weighted by Crippen LogP contribution is 2.32. The number of amides is 1. The molecule has 0 saturated carbocycles. The monoisotopic (exact) mass is 367 g/mol. The second kappa shape index (κ2) is 7.96. The number of ether oxygens (including phenoxy) is 2. The molecule has 4 rings (SSSR count). The average Bonchev–Trinajstić information content (AvgIpc) is 3.17. The van der Waals surface area contributed by atoms with Gasteiger partial charge in [-0.15, -0.1) is 0 Å². The Kier molecular flexibility index (Phi) is 5.25. The highest BCUT2D eigenvalue weighted by Gasteiger charge is 2.23. The Hall–Kier alpha value is -2.60. The minimum absolute atomic E-state index is 0.192. The van der Waals surface area contributed by atoms with Crippen LogP contribution in [0.4, 0.5) is 0 Å². The van der Waals surface area contributed by atoms with Crippen molar-refractivity contribution in [2.75, 3.05) is 33.0 Å². The minimum atomic E-state index is 0.192. The molecule has 6 nitrogen and oxygen atoms in total. The summed E-state index contributed by atoms with van der Waals surface area (Å²) in [6.45, 7) is 6.60. The van der Waals surface area contributed by atoms with Crippen LogP contribution in [0, 0.1) is 0 Å². The lowest BCUT2D eigenvalue weighted by molar-refractivity contribution is -0.133. The lowest BCUT2D eigenvalue weighted by Crippen LogP contribution is -2.48. The van der Waals surface area contributed by atoms with E-state index in [2.05, 4.69) is 28.9 Å². The molecule has 1 aromatic heterocycles. The lowest BCUT2D eigenvalue weighted by atomic mass is 9.99. The third-order valence-electron chi connectivity index (χ3n) is 5.30. The maximum atomic E-state index is 12.6. The Morgan fingerprint density at radius 1 is 1.15 bits per heavy atom. The van der Waals surface area contributed by atoms with E-state index in [1.54, 1.807) is 6.20 Å². The van der Waals surface area contributed by atoms with Crippen LogP contribution in [0.5, 0.6) is 11.5 Å². The summed E-state index contributed by atoms with van der Waals surface area (Å²) >= 11 is 0. The van der Waals surface area contributed by atoms with E-state index in [1.807, 2.05) is 29.3 Å². The number of carbonyl (C=O) groups excluding carboxylic acids is 1. The molecule has 1 aromatic carbocycles. The zero-order valence-electron chi connectivity index (χ0n) is 15.6. The largest absolute Gasteiger partial charge is 0.454 e.